The van der Waals surface area contributed by atoms with Gasteiger partial charge in [0.25, 0.3) is 0 Å². The second-order valence-corrected chi connectivity index (χ2v) is 5.27. The fourth-order valence-corrected chi connectivity index (χ4v) is 3.19. The number of thiophene rings is 1. The van der Waals surface area contributed by atoms with Gasteiger partial charge in [0.15, 0.2) is 5.75 Å². The Morgan fingerprint density at radius 1 is 1.46 bits per heavy atom. The van der Waals surface area contributed by atoms with Gasteiger partial charge in [0.1, 0.15) is 0 Å². The first-order chi connectivity index (χ1) is 6.22. The van der Waals surface area contributed by atoms with Crippen LogP contribution < -0.4 is 4.74 Å². The SMILES string of the molecule is COc1c(Br)ccc2cc(S)sc12. The van der Waals surface area contributed by atoms with Crippen LogP contribution in [0.3, 0.4) is 0 Å². The molecule has 0 spiro atoms. The predicted octanol–water partition coefficient (Wildman–Crippen LogP) is 3.96. The number of ether oxygens (including phenoxy) is 1. The van der Waals surface area contributed by atoms with Gasteiger partial charge in [-0.2, -0.15) is 0 Å². The van der Waals surface area contributed by atoms with Gasteiger partial charge in [-0.3, -0.25) is 0 Å². The number of thiol groups is 1. The molecule has 13 heavy (non-hydrogen) atoms. The number of halogens is 1. The number of rotatable bonds is 1. The Bertz CT molecular complexity index is 450. The van der Waals surface area contributed by atoms with Crippen molar-refractivity contribution >= 4 is 50.0 Å². The van der Waals surface area contributed by atoms with Crippen LogP contribution in [0.25, 0.3) is 10.1 Å². The molecule has 4 heteroatoms. The van der Waals surface area contributed by atoms with Crippen molar-refractivity contribution in [3.05, 3.63) is 22.7 Å². The van der Waals surface area contributed by atoms with E-state index < -0.39 is 0 Å². The average Bonchev–Trinajstić information content (AvgIpc) is 2.45. The van der Waals surface area contributed by atoms with Crippen molar-refractivity contribution in [1.29, 1.82) is 0 Å². The highest BCUT2D eigenvalue weighted by Crippen LogP contribution is 2.39. The van der Waals surface area contributed by atoms with E-state index in [1.165, 1.54) is 5.39 Å². The van der Waals surface area contributed by atoms with E-state index in [-0.39, 0.29) is 0 Å². The first-order valence-electron chi connectivity index (χ1n) is 3.67. The zero-order chi connectivity index (χ0) is 9.42. The van der Waals surface area contributed by atoms with Crippen molar-refractivity contribution in [2.24, 2.45) is 0 Å². The third kappa shape index (κ3) is 1.58. The minimum atomic E-state index is 0.891. The smallest absolute Gasteiger partial charge is 0.150 e. The van der Waals surface area contributed by atoms with E-state index in [4.69, 9.17) is 4.74 Å². The third-order valence-corrected chi connectivity index (χ3v) is 3.76. The molecule has 0 saturated heterocycles. The van der Waals surface area contributed by atoms with Crippen LogP contribution in [0.5, 0.6) is 5.75 Å². The van der Waals surface area contributed by atoms with Crippen LogP contribution in [0.2, 0.25) is 0 Å². The molecule has 1 aromatic heterocycles. The number of benzene rings is 1. The van der Waals surface area contributed by atoms with E-state index in [1.807, 2.05) is 12.1 Å². The Labute approximate surface area is 94.3 Å². The maximum atomic E-state index is 5.30. The highest BCUT2D eigenvalue weighted by atomic mass is 79.9. The summed E-state index contributed by atoms with van der Waals surface area (Å²) in [6.45, 7) is 0. The predicted molar refractivity (Wildman–Crippen MR) is 63.3 cm³/mol. The summed E-state index contributed by atoms with van der Waals surface area (Å²) in [5, 5.41) is 1.18. The van der Waals surface area contributed by atoms with Crippen LogP contribution in [0.15, 0.2) is 26.9 Å². The lowest BCUT2D eigenvalue weighted by Crippen LogP contribution is -1.83. The summed E-state index contributed by atoms with van der Waals surface area (Å²) in [7, 11) is 1.68. The molecular weight excluding hydrogens is 268 g/mol. The second kappa shape index (κ2) is 3.52. The number of hydrogen-bond acceptors (Lipinski definition) is 3. The van der Waals surface area contributed by atoms with Crippen LogP contribution in [0.1, 0.15) is 0 Å². The fourth-order valence-electron chi connectivity index (χ4n) is 1.23. The lowest BCUT2D eigenvalue weighted by atomic mass is 10.2. The quantitative estimate of drug-likeness (QED) is 0.775. The summed E-state index contributed by atoms with van der Waals surface area (Å²) in [5.74, 6) is 0.891. The largest absolute Gasteiger partial charge is 0.494 e. The molecule has 0 fully saturated rings. The lowest BCUT2D eigenvalue weighted by molar-refractivity contribution is 0.418. The summed E-state index contributed by atoms with van der Waals surface area (Å²) < 4.78 is 8.43. The minimum Gasteiger partial charge on any atom is -0.494 e. The Morgan fingerprint density at radius 3 is 2.92 bits per heavy atom. The molecule has 0 bridgehead atoms. The summed E-state index contributed by atoms with van der Waals surface area (Å²) in [4.78, 5) is 0. The maximum absolute atomic E-state index is 5.30. The van der Waals surface area contributed by atoms with E-state index in [0.717, 1.165) is 19.1 Å². The highest BCUT2D eigenvalue weighted by Gasteiger charge is 2.08. The van der Waals surface area contributed by atoms with Gasteiger partial charge < -0.3 is 4.74 Å². The highest BCUT2D eigenvalue weighted by molar-refractivity contribution is 9.10. The van der Waals surface area contributed by atoms with Crippen molar-refractivity contribution in [1.82, 2.24) is 0 Å². The van der Waals surface area contributed by atoms with E-state index >= 15 is 0 Å². The standard InChI is InChI=1S/C9H7BrOS2/c1-11-8-6(10)3-2-5-4-7(12)13-9(5)8/h2-4,12H,1H3. The summed E-state index contributed by atoms with van der Waals surface area (Å²) in [6, 6.07) is 6.08. The summed E-state index contributed by atoms with van der Waals surface area (Å²) in [5.41, 5.74) is 0. The van der Waals surface area contributed by atoms with Gasteiger partial charge in [-0.15, -0.1) is 24.0 Å². The first-order valence-corrected chi connectivity index (χ1v) is 5.73. The topological polar surface area (TPSA) is 9.23 Å². The van der Waals surface area contributed by atoms with Crippen LogP contribution in [0, 0.1) is 0 Å². The minimum absolute atomic E-state index is 0.891. The molecule has 0 unspecified atom stereocenters. The van der Waals surface area contributed by atoms with Crippen molar-refractivity contribution < 1.29 is 4.74 Å². The van der Waals surface area contributed by atoms with Gasteiger partial charge in [0.2, 0.25) is 0 Å². The Kier molecular flexibility index (Phi) is 2.53. The van der Waals surface area contributed by atoms with Crippen molar-refractivity contribution in [3.63, 3.8) is 0 Å². The Morgan fingerprint density at radius 2 is 2.23 bits per heavy atom. The molecule has 0 N–H and O–H groups in total. The van der Waals surface area contributed by atoms with Crippen molar-refractivity contribution in [3.8, 4) is 5.75 Å². The van der Waals surface area contributed by atoms with Crippen LogP contribution in [-0.4, -0.2) is 7.11 Å². The van der Waals surface area contributed by atoms with Crippen LogP contribution in [0.4, 0.5) is 0 Å². The normalized spacial score (nSPS) is 10.7. The molecule has 2 aromatic rings. The Hall–Kier alpha value is -0.190. The van der Waals surface area contributed by atoms with Crippen LogP contribution >= 0.6 is 39.9 Å². The van der Waals surface area contributed by atoms with Gasteiger partial charge in [-0.05, 0) is 33.4 Å². The molecule has 1 heterocycles. The molecule has 0 saturated carbocycles. The molecule has 68 valence electrons. The van der Waals surface area contributed by atoms with Gasteiger partial charge in [-0.1, -0.05) is 6.07 Å². The molecule has 1 nitrogen and oxygen atoms in total. The fraction of sp³-hybridized carbons (Fsp3) is 0.111. The maximum Gasteiger partial charge on any atom is 0.150 e. The van der Waals surface area contributed by atoms with E-state index in [2.05, 4.69) is 34.6 Å². The van der Waals surface area contributed by atoms with Crippen molar-refractivity contribution in [2.45, 2.75) is 4.21 Å². The number of methoxy groups -OCH3 is 1. The van der Waals surface area contributed by atoms with E-state index in [1.54, 1.807) is 18.4 Å². The zero-order valence-electron chi connectivity index (χ0n) is 6.87. The van der Waals surface area contributed by atoms with Crippen LogP contribution in [-0.2, 0) is 0 Å². The molecule has 0 atom stereocenters. The van der Waals surface area contributed by atoms with E-state index in [0.29, 0.717) is 0 Å². The third-order valence-electron chi connectivity index (χ3n) is 1.78. The molecule has 0 radical (unpaired) electrons. The number of hydrogen-bond donors (Lipinski definition) is 1. The molecule has 2 rings (SSSR count). The number of fused-ring (bicyclic) bond motifs is 1. The monoisotopic (exact) mass is 274 g/mol. The molecular formula is C9H7BrOS2. The Balaban J connectivity index is 2.82. The lowest BCUT2D eigenvalue weighted by Gasteiger charge is -2.03. The summed E-state index contributed by atoms with van der Waals surface area (Å²) in [6.07, 6.45) is 0. The molecule has 0 aliphatic carbocycles. The molecule has 0 aliphatic heterocycles. The van der Waals surface area contributed by atoms with Crippen molar-refractivity contribution in [2.75, 3.05) is 7.11 Å². The van der Waals surface area contributed by atoms with Gasteiger partial charge >= 0.3 is 0 Å². The van der Waals surface area contributed by atoms with Gasteiger partial charge in [0.05, 0.1) is 20.5 Å². The molecule has 0 amide bonds. The van der Waals surface area contributed by atoms with Gasteiger partial charge in [0, 0.05) is 0 Å². The molecule has 0 aliphatic rings. The van der Waals surface area contributed by atoms with Gasteiger partial charge in [-0.25, -0.2) is 0 Å². The summed E-state index contributed by atoms with van der Waals surface area (Å²) >= 11 is 9.38. The van der Waals surface area contributed by atoms with E-state index in [9.17, 15) is 0 Å². The molecule has 1 aromatic carbocycles. The average molecular weight is 275 g/mol. The zero-order valence-corrected chi connectivity index (χ0v) is 10.2. The first kappa shape index (κ1) is 9.37. The second-order valence-electron chi connectivity index (χ2n) is 2.58.